The zero-order valence-electron chi connectivity index (χ0n) is 10.6. The number of aromatic nitrogens is 1. The number of nitrogens with two attached hydrogens (primary N) is 2. The molecule has 20 heavy (non-hydrogen) atoms. The minimum Gasteiger partial charge on any atom is -0.399 e. The van der Waals surface area contributed by atoms with Crippen molar-refractivity contribution in [1.82, 2.24) is 4.98 Å². The Balaban J connectivity index is 0.00000147. The molecule has 0 aliphatic heterocycles. The molecule has 2 aromatic carbocycles. The average molecular weight is 288 g/mol. The van der Waals surface area contributed by atoms with Crippen LogP contribution in [-0.2, 0) is 0 Å². The summed E-state index contributed by atoms with van der Waals surface area (Å²) in [6, 6.07) is 15.0. The van der Waals surface area contributed by atoms with E-state index in [0.29, 0.717) is 5.56 Å². The lowest BCUT2D eigenvalue weighted by Gasteiger charge is -1.98. The standard InChI is InChI=1S/C15H13N3O.ClH/c16-12-5-3-9(4-6-12)13-7-10-1-2-11(15(17)19)8-14(10)18-13;/h1-8,18H,16H2,(H2,17,19);1H. The van der Waals surface area contributed by atoms with Crippen molar-refractivity contribution in [3.63, 3.8) is 0 Å². The van der Waals surface area contributed by atoms with Crippen LogP contribution < -0.4 is 11.5 Å². The van der Waals surface area contributed by atoms with E-state index in [1.807, 2.05) is 36.4 Å². The Labute approximate surface area is 122 Å². The largest absolute Gasteiger partial charge is 0.399 e. The van der Waals surface area contributed by atoms with Gasteiger partial charge in [0, 0.05) is 27.8 Å². The first-order chi connectivity index (χ1) is 9.13. The van der Waals surface area contributed by atoms with Crippen molar-refractivity contribution in [3.05, 3.63) is 54.1 Å². The van der Waals surface area contributed by atoms with Gasteiger partial charge >= 0.3 is 0 Å². The lowest BCUT2D eigenvalue weighted by atomic mass is 10.1. The van der Waals surface area contributed by atoms with Crippen molar-refractivity contribution in [2.75, 3.05) is 5.73 Å². The van der Waals surface area contributed by atoms with E-state index in [9.17, 15) is 4.79 Å². The second kappa shape index (κ2) is 5.27. The molecule has 102 valence electrons. The fourth-order valence-corrected chi connectivity index (χ4v) is 2.10. The maximum absolute atomic E-state index is 11.2. The number of rotatable bonds is 2. The van der Waals surface area contributed by atoms with Gasteiger partial charge in [-0.05, 0) is 35.9 Å². The lowest BCUT2D eigenvalue weighted by molar-refractivity contribution is 0.100. The van der Waals surface area contributed by atoms with E-state index in [1.165, 1.54) is 0 Å². The van der Waals surface area contributed by atoms with E-state index in [2.05, 4.69) is 4.98 Å². The molecule has 0 atom stereocenters. The molecule has 5 N–H and O–H groups in total. The summed E-state index contributed by atoms with van der Waals surface area (Å²) < 4.78 is 0. The number of primary amides is 1. The molecular formula is C15H14ClN3O. The zero-order valence-corrected chi connectivity index (χ0v) is 11.4. The summed E-state index contributed by atoms with van der Waals surface area (Å²) in [5.41, 5.74) is 15.1. The first kappa shape index (κ1) is 14.0. The molecule has 1 amide bonds. The molecule has 4 nitrogen and oxygen atoms in total. The molecule has 0 aliphatic rings. The molecule has 0 spiro atoms. The number of benzene rings is 2. The van der Waals surface area contributed by atoms with Crippen molar-refractivity contribution in [3.8, 4) is 11.3 Å². The van der Waals surface area contributed by atoms with Crippen LogP contribution in [0.2, 0.25) is 0 Å². The molecule has 0 saturated carbocycles. The molecule has 0 radical (unpaired) electrons. The van der Waals surface area contributed by atoms with Crippen LogP contribution in [0.3, 0.4) is 0 Å². The SMILES string of the molecule is Cl.NC(=O)c1ccc2cc(-c3ccc(N)cc3)[nH]c2c1. The van der Waals surface area contributed by atoms with Crippen LogP contribution in [0, 0.1) is 0 Å². The number of amides is 1. The van der Waals surface area contributed by atoms with Crippen LogP contribution in [0.5, 0.6) is 0 Å². The Morgan fingerprint density at radius 2 is 1.70 bits per heavy atom. The van der Waals surface area contributed by atoms with Gasteiger partial charge in [-0.2, -0.15) is 0 Å². The lowest BCUT2D eigenvalue weighted by Crippen LogP contribution is -2.10. The highest BCUT2D eigenvalue weighted by Gasteiger charge is 2.06. The van der Waals surface area contributed by atoms with Crippen LogP contribution in [0.25, 0.3) is 22.2 Å². The van der Waals surface area contributed by atoms with Crippen molar-refractivity contribution in [2.24, 2.45) is 5.73 Å². The van der Waals surface area contributed by atoms with E-state index in [0.717, 1.165) is 27.8 Å². The van der Waals surface area contributed by atoms with Crippen molar-refractivity contribution in [2.45, 2.75) is 0 Å². The Hall–Kier alpha value is -2.46. The monoisotopic (exact) mass is 287 g/mol. The maximum atomic E-state index is 11.2. The smallest absolute Gasteiger partial charge is 0.248 e. The highest BCUT2D eigenvalue weighted by Crippen LogP contribution is 2.25. The van der Waals surface area contributed by atoms with Gasteiger partial charge in [-0.25, -0.2) is 0 Å². The highest BCUT2D eigenvalue weighted by atomic mass is 35.5. The van der Waals surface area contributed by atoms with Gasteiger partial charge in [0.15, 0.2) is 0 Å². The summed E-state index contributed by atoms with van der Waals surface area (Å²) in [7, 11) is 0. The molecule has 3 rings (SSSR count). The normalized spacial score (nSPS) is 10.2. The summed E-state index contributed by atoms with van der Waals surface area (Å²) in [6.45, 7) is 0. The molecule has 3 aromatic rings. The van der Waals surface area contributed by atoms with Crippen LogP contribution in [0.1, 0.15) is 10.4 Å². The Morgan fingerprint density at radius 3 is 2.35 bits per heavy atom. The number of nitrogen functional groups attached to an aromatic ring is 1. The van der Waals surface area contributed by atoms with Gasteiger partial charge in [0.1, 0.15) is 0 Å². The second-order valence-corrected chi connectivity index (χ2v) is 4.47. The first-order valence-electron chi connectivity index (χ1n) is 5.92. The topological polar surface area (TPSA) is 84.9 Å². The first-order valence-corrected chi connectivity index (χ1v) is 5.92. The number of carbonyl (C=O) groups is 1. The van der Waals surface area contributed by atoms with Gasteiger partial charge in [-0.3, -0.25) is 4.79 Å². The van der Waals surface area contributed by atoms with Gasteiger partial charge in [0.25, 0.3) is 0 Å². The Bertz CT molecular complexity index is 762. The number of halogens is 1. The Kier molecular flexibility index (Phi) is 3.68. The van der Waals surface area contributed by atoms with Gasteiger partial charge in [0.2, 0.25) is 5.91 Å². The van der Waals surface area contributed by atoms with E-state index < -0.39 is 5.91 Å². The number of nitrogens with one attached hydrogen (secondary N) is 1. The average Bonchev–Trinajstić information content (AvgIpc) is 2.82. The number of aromatic amines is 1. The predicted molar refractivity (Wildman–Crippen MR) is 83.9 cm³/mol. The number of H-pyrrole nitrogens is 1. The van der Waals surface area contributed by atoms with Gasteiger partial charge in [0.05, 0.1) is 0 Å². The minimum absolute atomic E-state index is 0. The van der Waals surface area contributed by atoms with Crippen LogP contribution in [0.4, 0.5) is 5.69 Å². The molecule has 0 saturated heterocycles. The number of fused-ring (bicyclic) bond motifs is 1. The number of hydrogen-bond donors (Lipinski definition) is 3. The molecule has 0 unspecified atom stereocenters. The third-order valence-electron chi connectivity index (χ3n) is 3.13. The summed E-state index contributed by atoms with van der Waals surface area (Å²) in [6.07, 6.45) is 0. The second-order valence-electron chi connectivity index (χ2n) is 4.47. The summed E-state index contributed by atoms with van der Waals surface area (Å²) in [4.78, 5) is 14.4. The fourth-order valence-electron chi connectivity index (χ4n) is 2.10. The molecule has 0 bridgehead atoms. The van der Waals surface area contributed by atoms with Gasteiger partial charge < -0.3 is 16.5 Å². The third-order valence-corrected chi connectivity index (χ3v) is 3.13. The molecular weight excluding hydrogens is 274 g/mol. The molecule has 5 heteroatoms. The predicted octanol–water partition coefficient (Wildman–Crippen LogP) is 2.94. The number of anilines is 1. The van der Waals surface area contributed by atoms with E-state index >= 15 is 0 Å². The summed E-state index contributed by atoms with van der Waals surface area (Å²) in [5, 5.41) is 1.04. The molecule has 1 heterocycles. The maximum Gasteiger partial charge on any atom is 0.248 e. The quantitative estimate of drug-likeness (QED) is 0.633. The summed E-state index contributed by atoms with van der Waals surface area (Å²) in [5.74, 6) is -0.425. The molecule has 0 fully saturated rings. The van der Waals surface area contributed by atoms with Crippen LogP contribution in [0.15, 0.2) is 48.5 Å². The highest BCUT2D eigenvalue weighted by molar-refractivity contribution is 5.97. The van der Waals surface area contributed by atoms with Crippen LogP contribution >= 0.6 is 12.4 Å². The van der Waals surface area contributed by atoms with Crippen molar-refractivity contribution < 1.29 is 4.79 Å². The van der Waals surface area contributed by atoms with Gasteiger partial charge in [-0.15, -0.1) is 12.4 Å². The third kappa shape index (κ3) is 2.46. The molecule has 0 aliphatic carbocycles. The zero-order chi connectivity index (χ0) is 13.4. The van der Waals surface area contributed by atoms with Crippen molar-refractivity contribution >= 4 is 34.9 Å². The van der Waals surface area contributed by atoms with Crippen molar-refractivity contribution in [1.29, 1.82) is 0 Å². The van der Waals surface area contributed by atoms with Crippen LogP contribution in [-0.4, -0.2) is 10.9 Å². The van der Waals surface area contributed by atoms with E-state index in [-0.39, 0.29) is 12.4 Å². The van der Waals surface area contributed by atoms with E-state index in [1.54, 1.807) is 12.1 Å². The Morgan fingerprint density at radius 1 is 1.00 bits per heavy atom. The van der Waals surface area contributed by atoms with E-state index in [4.69, 9.17) is 11.5 Å². The fraction of sp³-hybridized carbons (Fsp3) is 0. The summed E-state index contributed by atoms with van der Waals surface area (Å²) >= 11 is 0. The number of hydrogen-bond acceptors (Lipinski definition) is 2. The number of carbonyl (C=O) groups excluding carboxylic acids is 1. The minimum atomic E-state index is -0.425. The molecule has 1 aromatic heterocycles. The van der Waals surface area contributed by atoms with Gasteiger partial charge in [-0.1, -0.05) is 18.2 Å².